The Labute approximate surface area is 254 Å². The van der Waals surface area contributed by atoms with Crippen molar-refractivity contribution in [2.75, 3.05) is 46.5 Å². The van der Waals surface area contributed by atoms with Gasteiger partial charge in [-0.3, -0.25) is 4.79 Å². The number of carbonyl (C=O) groups excluding carboxylic acids is 1. The minimum absolute atomic E-state index is 0.00481. The van der Waals surface area contributed by atoms with Crippen molar-refractivity contribution in [1.82, 2.24) is 10.6 Å². The van der Waals surface area contributed by atoms with E-state index in [0.29, 0.717) is 51.4 Å². The monoisotopic (exact) mass is 620 g/mol. The lowest BCUT2D eigenvalue weighted by Gasteiger charge is -2.35. The van der Waals surface area contributed by atoms with Gasteiger partial charge in [0, 0.05) is 38.0 Å². The van der Waals surface area contributed by atoms with Crippen LogP contribution < -0.4 is 33.6 Å². The van der Waals surface area contributed by atoms with E-state index in [2.05, 4.69) is 22.8 Å². The quantitative estimate of drug-likeness (QED) is 0.106. The number of aliphatic hydroxyl groups is 4. The maximum Gasteiger partial charge on any atom is 0.249 e. The van der Waals surface area contributed by atoms with Crippen molar-refractivity contribution in [1.29, 1.82) is 0 Å². The number of hydrogen-bond donors (Lipinski definition) is 10. The lowest BCUT2D eigenvalue weighted by molar-refractivity contribution is -0.176. The maximum absolute atomic E-state index is 11.9. The van der Waals surface area contributed by atoms with Gasteiger partial charge in [-0.15, -0.1) is 0 Å². The first-order valence-electron chi connectivity index (χ1n) is 15.3. The molecule has 0 bridgehead atoms. The molecule has 15 nitrogen and oxygen atoms in total. The Morgan fingerprint density at radius 1 is 1.09 bits per heavy atom. The van der Waals surface area contributed by atoms with Gasteiger partial charge in [0.2, 0.25) is 5.91 Å². The van der Waals surface area contributed by atoms with Crippen LogP contribution in [-0.4, -0.2) is 140 Å². The highest BCUT2D eigenvalue weighted by Gasteiger charge is 2.37. The number of likely N-dealkylation sites (N-methyl/N-ethyl adjacent to an activating group) is 1. The van der Waals surface area contributed by atoms with Crippen molar-refractivity contribution in [3.05, 3.63) is 12.2 Å². The summed E-state index contributed by atoms with van der Waals surface area (Å²) in [6.07, 6.45) is 4.75. The third kappa shape index (κ3) is 14.1. The molecule has 0 radical (unpaired) electrons. The number of aliphatic hydroxyl groups excluding tert-OH is 4. The lowest BCUT2D eigenvalue weighted by Crippen LogP contribution is -2.50. The molecule has 0 aromatic rings. The zero-order valence-corrected chi connectivity index (χ0v) is 25.3. The summed E-state index contributed by atoms with van der Waals surface area (Å²) < 4.78 is 21.8. The molecule has 2 saturated heterocycles. The fourth-order valence-corrected chi connectivity index (χ4v) is 5.24. The molecule has 0 spiro atoms. The summed E-state index contributed by atoms with van der Waals surface area (Å²) in [5, 5.41) is 43.6. The van der Waals surface area contributed by atoms with Crippen LogP contribution >= 0.6 is 0 Å². The van der Waals surface area contributed by atoms with E-state index in [1.54, 1.807) is 0 Å². The first-order valence-corrected chi connectivity index (χ1v) is 15.3. The second-order valence-corrected chi connectivity index (χ2v) is 11.5. The first kappa shape index (κ1) is 37.9. The molecule has 4 aliphatic rings. The van der Waals surface area contributed by atoms with Gasteiger partial charge in [0.1, 0.15) is 12.2 Å². The van der Waals surface area contributed by atoms with Crippen LogP contribution in [0.25, 0.3) is 0 Å². The highest BCUT2D eigenvalue weighted by atomic mass is 16.7. The Balaban J connectivity index is 0.000000276. The summed E-state index contributed by atoms with van der Waals surface area (Å²) in [7, 11) is 1.94. The minimum Gasteiger partial charge on any atom is -0.394 e. The smallest absolute Gasteiger partial charge is 0.249 e. The van der Waals surface area contributed by atoms with Crippen LogP contribution in [0.2, 0.25) is 0 Å². The molecule has 3 fully saturated rings. The predicted molar refractivity (Wildman–Crippen MR) is 159 cm³/mol. The summed E-state index contributed by atoms with van der Waals surface area (Å²) in [6.45, 7) is 2.66. The van der Waals surface area contributed by atoms with Gasteiger partial charge in [-0.05, 0) is 45.7 Å². The molecule has 1 aliphatic carbocycles. The van der Waals surface area contributed by atoms with E-state index in [1.807, 2.05) is 7.05 Å². The number of amides is 1. The largest absolute Gasteiger partial charge is 0.394 e. The van der Waals surface area contributed by atoms with Gasteiger partial charge in [0.05, 0.1) is 56.4 Å². The third-order valence-corrected chi connectivity index (χ3v) is 7.66. The van der Waals surface area contributed by atoms with Crippen molar-refractivity contribution in [2.45, 2.75) is 112 Å². The van der Waals surface area contributed by atoms with Gasteiger partial charge in [0.25, 0.3) is 0 Å². The topological polar surface area (TPSA) is 263 Å². The van der Waals surface area contributed by atoms with Crippen LogP contribution in [0.3, 0.4) is 0 Å². The van der Waals surface area contributed by atoms with Gasteiger partial charge >= 0.3 is 0 Å². The van der Waals surface area contributed by atoms with Gasteiger partial charge in [-0.25, -0.2) is 0 Å². The van der Waals surface area contributed by atoms with E-state index in [9.17, 15) is 20.1 Å². The fraction of sp³-hybridized carbons (Fsp3) is 0.893. The SMILES string of the molecule is CNCC1C=CCCO1.NCCC(O)C(=O)NC1CC(N)CC(OC2C[C@H](O)C(CO)O2)C1.NC[C@H]1CC(O)[C@@H](N)CO1. The molecule has 8 unspecified atom stereocenters. The van der Waals surface area contributed by atoms with Gasteiger partial charge < -0.3 is 72.9 Å². The molecule has 3 aliphatic heterocycles. The van der Waals surface area contributed by atoms with Crippen molar-refractivity contribution >= 4 is 5.91 Å². The molecule has 14 N–H and O–H groups in total. The average molecular weight is 621 g/mol. The van der Waals surface area contributed by atoms with Crippen LogP contribution in [0.1, 0.15) is 44.9 Å². The Hall–Kier alpha value is -1.31. The Morgan fingerprint density at radius 2 is 1.86 bits per heavy atom. The summed E-state index contributed by atoms with van der Waals surface area (Å²) in [4.78, 5) is 11.9. The molecule has 15 heteroatoms. The van der Waals surface area contributed by atoms with Crippen LogP contribution in [0.4, 0.5) is 0 Å². The van der Waals surface area contributed by atoms with Crippen LogP contribution in [-0.2, 0) is 23.7 Å². The number of nitrogens with one attached hydrogen (secondary N) is 2. The number of hydrogen-bond acceptors (Lipinski definition) is 14. The molecule has 1 amide bonds. The molecule has 3 heterocycles. The molecular formula is C28H56N6O9. The van der Waals surface area contributed by atoms with Gasteiger partial charge in [0.15, 0.2) is 6.29 Å². The summed E-state index contributed by atoms with van der Waals surface area (Å²) in [6, 6.07) is -0.567. The van der Waals surface area contributed by atoms with E-state index < -0.39 is 36.6 Å². The third-order valence-electron chi connectivity index (χ3n) is 7.66. The van der Waals surface area contributed by atoms with Crippen LogP contribution in [0.5, 0.6) is 0 Å². The second kappa shape index (κ2) is 20.7. The Kier molecular flexibility index (Phi) is 18.2. The van der Waals surface area contributed by atoms with E-state index >= 15 is 0 Å². The first-order chi connectivity index (χ1) is 20.6. The summed E-state index contributed by atoms with van der Waals surface area (Å²) >= 11 is 0. The highest BCUT2D eigenvalue weighted by Crippen LogP contribution is 2.27. The number of ether oxygens (including phenoxy) is 4. The number of rotatable bonds is 10. The van der Waals surface area contributed by atoms with Crippen molar-refractivity contribution in [2.24, 2.45) is 22.9 Å². The number of nitrogens with two attached hydrogens (primary N) is 4. The van der Waals surface area contributed by atoms with E-state index in [0.717, 1.165) is 19.6 Å². The predicted octanol–water partition coefficient (Wildman–Crippen LogP) is -3.48. The molecule has 0 aromatic heterocycles. The van der Waals surface area contributed by atoms with E-state index in [1.165, 1.54) is 0 Å². The summed E-state index contributed by atoms with van der Waals surface area (Å²) in [5.74, 6) is -0.453. The standard InChI is InChI=1S/C15H29N3O6.C7H13NO.C6H14N2O2/c16-2-1-11(20)15(22)18-9-3-8(17)4-10(5-9)23-14-6-12(21)13(7-19)24-14;1-8-6-7-4-2-3-5-9-7;7-2-4-1-6(9)5(8)3-10-4/h8-14,19-21H,1-7,16-17H2,(H,18,22);2,4,7-8H,3,5-6H2,1H3;4-6,9H,1-3,7-8H2/t8?,9?,10?,11?,12-,13?,14?;;4-,5+,6?/m0.1/s1. The minimum atomic E-state index is -1.12. The molecule has 252 valence electrons. The van der Waals surface area contributed by atoms with Gasteiger partial charge in [-0.1, -0.05) is 12.2 Å². The molecule has 43 heavy (non-hydrogen) atoms. The van der Waals surface area contributed by atoms with Crippen LogP contribution in [0.15, 0.2) is 12.2 Å². The zero-order chi connectivity index (χ0) is 31.8. The van der Waals surface area contributed by atoms with Crippen LogP contribution in [0, 0.1) is 0 Å². The van der Waals surface area contributed by atoms with E-state index in [-0.39, 0.29) is 49.9 Å². The van der Waals surface area contributed by atoms with Gasteiger partial charge in [-0.2, -0.15) is 0 Å². The van der Waals surface area contributed by atoms with Crippen molar-refractivity contribution in [3.8, 4) is 0 Å². The fourth-order valence-electron chi connectivity index (χ4n) is 5.24. The molecule has 1 saturated carbocycles. The molecular weight excluding hydrogens is 564 g/mol. The maximum atomic E-state index is 11.9. The number of carbonyl (C=O) groups is 1. The Morgan fingerprint density at radius 3 is 2.44 bits per heavy atom. The van der Waals surface area contributed by atoms with Crippen molar-refractivity contribution < 1.29 is 44.2 Å². The zero-order valence-electron chi connectivity index (χ0n) is 25.3. The normalized spacial score (nSPS) is 36.5. The summed E-state index contributed by atoms with van der Waals surface area (Å²) in [5.41, 5.74) is 22.2. The second-order valence-electron chi connectivity index (χ2n) is 11.5. The Bertz CT molecular complexity index is 800. The highest BCUT2D eigenvalue weighted by molar-refractivity contribution is 5.80. The van der Waals surface area contributed by atoms with E-state index in [4.69, 9.17) is 47.0 Å². The molecule has 11 atom stereocenters. The average Bonchev–Trinajstić information content (AvgIpc) is 3.34. The molecule has 4 rings (SSSR count). The van der Waals surface area contributed by atoms with Crippen molar-refractivity contribution in [3.63, 3.8) is 0 Å². The molecule has 0 aromatic carbocycles. The lowest BCUT2D eigenvalue weighted by atomic mass is 9.89.